The lowest BCUT2D eigenvalue weighted by atomic mass is 10.3. The Morgan fingerprint density at radius 1 is 1.19 bits per heavy atom. The summed E-state index contributed by atoms with van der Waals surface area (Å²) in [5.74, 6) is 3.64. The maximum absolute atomic E-state index is 5.96. The Hall–Kier alpha value is -3.37. The molecule has 0 aliphatic heterocycles. The highest BCUT2D eigenvalue weighted by Gasteiger charge is 2.17. The monoisotopic (exact) mass is 377 g/mol. The Kier molecular flexibility index (Phi) is 4.26. The van der Waals surface area contributed by atoms with Crippen LogP contribution in [0.4, 0.5) is 11.6 Å². The molecule has 0 atom stereocenters. The summed E-state index contributed by atoms with van der Waals surface area (Å²) in [6, 6.07) is 9.30. The molecule has 0 saturated heterocycles. The fourth-order valence-corrected chi connectivity index (χ4v) is 2.98. The number of nitrogens with zero attached hydrogens (tertiary/aromatic N) is 6. The van der Waals surface area contributed by atoms with Crippen LogP contribution in [0.25, 0.3) is 17.0 Å². The summed E-state index contributed by atoms with van der Waals surface area (Å²) in [6.07, 6.45) is 7.14. The number of rotatable bonds is 4. The van der Waals surface area contributed by atoms with Gasteiger partial charge in [0, 0.05) is 16.4 Å². The molecule has 0 aliphatic carbocycles. The highest BCUT2D eigenvalue weighted by atomic mass is 35.5. The first-order chi connectivity index (χ1) is 13.0. The van der Waals surface area contributed by atoms with Gasteiger partial charge in [0.2, 0.25) is 5.95 Å². The summed E-state index contributed by atoms with van der Waals surface area (Å²) in [7, 11) is 0. The number of hydrogen-bond acceptors (Lipinski definition) is 5. The van der Waals surface area contributed by atoms with Crippen LogP contribution in [0.15, 0.2) is 36.7 Å². The zero-order valence-corrected chi connectivity index (χ0v) is 15.6. The van der Waals surface area contributed by atoms with Crippen molar-refractivity contribution >= 4 is 34.4 Å². The van der Waals surface area contributed by atoms with Gasteiger partial charge in [0.15, 0.2) is 17.0 Å². The number of nitrogens with one attached hydrogen (secondary N) is 1. The van der Waals surface area contributed by atoms with Gasteiger partial charge in [0.05, 0.1) is 18.6 Å². The molecule has 3 heterocycles. The van der Waals surface area contributed by atoms with Crippen molar-refractivity contribution in [3.8, 4) is 18.2 Å². The van der Waals surface area contributed by atoms with Crippen molar-refractivity contribution in [2.45, 2.75) is 20.4 Å². The predicted molar refractivity (Wildman–Crippen MR) is 105 cm³/mol. The van der Waals surface area contributed by atoms with Crippen LogP contribution in [-0.2, 0) is 6.54 Å². The summed E-state index contributed by atoms with van der Waals surface area (Å²) in [5, 5.41) is 8.40. The highest BCUT2D eigenvalue weighted by Crippen LogP contribution is 2.23. The average Bonchev–Trinajstić information content (AvgIpc) is 3.19. The van der Waals surface area contributed by atoms with Crippen LogP contribution in [0, 0.1) is 26.2 Å². The molecule has 4 rings (SSSR count). The molecule has 134 valence electrons. The second kappa shape index (κ2) is 6.74. The normalized spacial score (nSPS) is 10.9. The van der Waals surface area contributed by atoms with Crippen molar-refractivity contribution in [1.82, 2.24) is 29.3 Å². The third kappa shape index (κ3) is 3.23. The number of aryl methyl sites for hydroxylation is 2. The first-order valence-corrected chi connectivity index (χ1v) is 8.65. The fraction of sp³-hybridized carbons (Fsp3) is 0.158. The van der Waals surface area contributed by atoms with E-state index in [4.69, 9.17) is 18.0 Å². The Bertz CT molecular complexity index is 1170. The molecule has 0 aliphatic rings. The maximum atomic E-state index is 5.96. The van der Waals surface area contributed by atoms with Crippen LogP contribution in [0.3, 0.4) is 0 Å². The number of fused-ring (bicyclic) bond motifs is 1. The zero-order chi connectivity index (χ0) is 19.0. The number of hydrogen-bond donors (Lipinski definition) is 1. The Labute approximate surface area is 161 Å². The molecule has 0 unspecified atom stereocenters. The fourth-order valence-electron chi connectivity index (χ4n) is 2.85. The minimum atomic E-state index is 0.366. The lowest BCUT2D eigenvalue weighted by molar-refractivity contribution is 0.808. The second-order valence-corrected chi connectivity index (χ2v) is 6.53. The Balaban J connectivity index is 1.89. The molecule has 27 heavy (non-hydrogen) atoms. The molecule has 4 aromatic rings. The lowest BCUT2D eigenvalue weighted by Crippen LogP contribution is -2.08. The van der Waals surface area contributed by atoms with Crippen LogP contribution in [0.2, 0.25) is 5.02 Å². The quantitative estimate of drug-likeness (QED) is 0.549. The molecule has 1 aromatic carbocycles. The van der Waals surface area contributed by atoms with Gasteiger partial charge in [-0.25, -0.2) is 9.67 Å². The molecule has 0 fully saturated rings. The molecule has 0 amide bonds. The third-order valence-corrected chi connectivity index (χ3v) is 4.27. The van der Waals surface area contributed by atoms with E-state index in [1.54, 1.807) is 27.7 Å². The smallest absolute Gasteiger partial charge is 0.231 e. The van der Waals surface area contributed by atoms with E-state index in [1.807, 2.05) is 32.0 Å². The molecule has 0 radical (unpaired) electrons. The standard InChI is InChI=1S/C19H16ClN7/c1-4-9-26-11-21-16-17(26)23-19(22-15-7-5-14(20)6-8-15)24-18(16)27-13(3)10-12(2)25-27/h1,5-8,10-11H,9H2,2-3H3,(H,22,23,24). The van der Waals surface area contributed by atoms with Crippen molar-refractivity contribution in [2.24, 2.45) is 0 Å². The van der Waals surface area contributed by atoms with E-state index in [-0.39, 0.29) is 0 Å². The van der Waals surface area contributed by atoms with Gasteiger partial charge >= 0.3 is 0 Å². The van der Waals surface area contributed by atoms with E-state index >= 15 is 0 Å². The first kappa shape index (κ1) is 17.1. The minimum absolute atomic E-state index is 0.366. The maximum Gasteiger partial charge on any atom is 0.231 e. The van der Waals surface area contributed by atoms with Crippen molar-refractivity contribution in [2.75, 3.05) is 5.32 Å². The van der Waals surface area contributed by atoms with Crippen molar-refractivity contribution in [1.29, 1.82) is 0 Å². The SMILES string of the molecule is C#CCn1cnc2c(-n3nc(C)cc3C)nc(Nc3ccc(Cl)cc3)nc21. The highest BCUT2D eigenvalue weighted by molar-refractivity contribution is 6.30. The van der Waals surface area contributed by atoms with Crippen LogP contribution in [0.5, 0.6) is 0 Å². The number of imidazole rings is 1. The number of terminal acetylenes is 1. The van der Waals surface area contributed by atoms with Crippen LogP contribution in [-0.4, -0.2) is 29.3 Å². The second-order valence-electron chi connectivity index (χ2n) is 6.09. The van der Waals surface area contributed by atoms with Crippen LogP contribution < -0.4 is 5.32 Å². The largest absolute Gasteiger partial charge is 0.324 e. The van der Waals surface area contributed by atoms with E-state index in [1.165, 1.54) is 0 Å². The summed E-state index contributed by atoms with van der Waals surface area (Å²) in [5.41, 5.74) is 3.95. The van der Waals surface area contributed by atoms with Gasteiger partial charge in [-0.1, -0.05) is 17.5 Å². The molecule has 7 nitrogen and oxygen atoms in total. The number of halogens is 1. The lowest BCUT2D eigenvalue weighted by Gasteiger charge is -2.10. The van der Waals surface area contributed by atoms with Gasteiger partial charge in [-0.05, 0) is 44.2 Å². The molecule has 0 bridgehead atoms. The van der Waals surface area contributed by atoms with Crippen molar-refractivity contribution in [3.05, 3.63) is 53.1 Å². The van der Waals surface area contributed by atoms with E-state index in [0.29, 0.717) is 34.5 Å². The molecular formula is C19H16ClN7. The summed E-state index contributed by atoms with van der Waals surface area (Å²) < 4.78 is 3.57. The van der Waals surface area contributed by atoms with Gasteiger partial charge in [0.1, 0.15) is 0 Å². The number of anilines is 2. The average molecular weight is 378 g/mol. The third-order valence-electron chi connectivity index (χ3n) is 4.02. The molecule has 3 aromatic heterocycles. The van der Waals surface area contributed by atoms with Gasteiger partial charge in [-0.2, -0.15) is 15.1 Å². The summed E-state index contributed by atoms with van der Waals surface area (Å²) in [4.78, 5) is 13.7. The van der Waals surface area contributed by atoms with Crippen molar-refractivity contribution < 1.29 is 0 Å². The van der Waals surface area contributed by atoms with E-state index in [9.17, 15) is 0 Å². The molecule has 0 spiro atoms. The zero-order valence-electron chi connectivity index (χ0n) is 14.8. The predicted octanol–water partition coefficient (Wildman–Crippen LogP) is 3.66. The Morgan fingerprint density at radius 2 is 1.96 bits per heavy atom. The molecule has 8 heteroatoms. The van der Waals surface area contributed by atoms with Crippen LogP contribution >= 0.6 is 11.6 Å². The van der Waals surface area contributed by atoms with E-state index in [2.05, 4.69) is 31.3 Å². The van der Waals surface area contributed by atoms with Gasteiger partial charge in [-0.15, -0.1) is 6.42 Å². The minimum Gasteiger partial charge on any atom is -0.324 e. The molecular weight excluding hydrogens is 362 g/mol. The number of benzene rings is 1. The molecule has 1 N–H and O–H groups in total. The van der Waals surface area contributed by atoms with Gasteiger partial charge in [-0.3, -0.25) is 0 Å². The van der Waals surface area contributed by atoms with Crippen LogP contribution in [0.1, 0.15) is 11.4 Å². The molecule has 0 saturated carbocycles. The van der Waals surface area contributed by atoms with E-state index < -0.39 is 0 Å². The van der Waals surface area contributed by atoms with Crippen molar-refractivity contribution in [3.63, 3.8) is 0 Å². The summed E-state index contributed by atoms with van der Waals surface area (Å²) >= 11 is 5.96. The van der Waals surface area contributed by atoms with E-state index in [0.717, 1.165) is 17.1 Å². The Morgan fingerprint density at radius 3 is 2.63 bits per heavy atom. The first-order valence-electron chi connectivity index (χ1n) is 8.28. The summed E-state index contributed by atoms with van der Waals surface area (Å²) in [6.45, 7) is 4.27. The van der Waals surface area contributed by atoms with Gasteiger partial charge in [0.25, 0.3) is 0 Å². The number of aromatic nitrogens is 6. The van der Waals surface area contributed by atoms with Gasteiger partial charge < -0.3 is 9.88 Å². The topological polar surface area (TPSA) is 73.5 Å².